The Morgan fingerprint density at radius 3 is 1.88 bits per heavy atom. The number of ether oxygens (including phenoxy) is 2. The molecule has 1 aromatic heterocycles. The van der Waals surface area contributed by atoms with E-state index < -0.39 is 0 Å². The van der Waals surface area contributed by atoms with E-state index in [1.165, 1.54) is 75.5 Å². The molecule has 0 atom stereocenters. The molecule has 0 unspecified atom stereocenters. The van der Waals surface area contributed by atoms with Crippen molar-refractivity contribution in [3.8, 4) is 11.5 Å². The normalized spacial score (nSPS) is 10.8. The maximum Gasteiger partial charge on any atom is 0.182 e. The van der Waals surface area contributed by atoms with E-state index in [0.717, 1.165) is 24.9 Å². The molecule has 0 amide bonds. The molecule has 0 radical (unpaired) electrons. The van der Waals surface area contributed by atoms with Gasteiger partial charge in [0.25, 0.3) is 0 Å². The minimum absolute atomic E-state index is 0.643. The third-order valence-electron chi connectivity index (χ3n) is 4.35. The fraction of sp³-hybridized carbons (Fsp3) is 0.762. The Labute approximate surface area is 158 Å². The third-order valence-corrected chi connectivity index (χ3v) is 5.21. The first kappa shape index (κ1) is 22.0. The van der Waals surface area contributed by atoms with E-state index in [-0.39, 0.29) is 0 Å². The zero-order valence-corrected chi connectivity index (χ0v) is 17.0. The van der Waals surface area contributed by atoms with E-state index >= 15 is 0 Å². The summed E-state index contributed by atoms with van der Waals surface area (Å²) in [6.45, 7) is 5.83. The maximum atomic E-state index is 11.2. The van der Waals surface area contributed by atoms with Crippen molar-refractivity contribution < 1.29 is 14.3 Å². The molecule has 0 aliphatic rings. The van der Waals surface area contributed by atoms with Crippen molar-refractivity contribution in [3.05, 3.63) is 10.3 Å². The standard InChI is InChI=1S/C21H36O3S/c1-3-5-7-9-11-13-15-23-19-18-25-20(17-22)21(19)24-16-14-12-10-8-6-4-2/h17-18H,3-16H2,1-2H3. The molecule has 1 aromatic rings. The molecule has 0 aliphatic carbocycles. The van der Waals surface area contributed by atoms with Crippen LogP contribution in [-0.4, -0.2) is 19.5 Å². The number of aldehydes is 1. The van der Waals surface area contributed by atoms with Crippen LogP contribution >= 0.6 is 11.3 Å². The lowest BCUT2D eigenvalue weighted by molar-refractivity contribution is 0.112. The Hall–Kier alpha value is -1.03. The molecule has 25 heavy (non-hydrogen) atoms. The molecule has 0 bridgehead atoms. The van der Waals surface area contributed by atoms with Gasteiger partial charge in [0, 0.05) is 5.38 Å². The molecule has 4 heteroatoms. The zero-order chi connectivity index (χ0) is 18.2. The fourth-order valence-corrected chi connectivity index (χ4v) is 3.52. The first-order chi connectivity index (χ1) is 12.3. The highest BCUT2D eigenvalue weighted by Gasteiger charge is 2.14. The minimum atomic E-state index is 0.643. The van der Waals surface area contributed by atoms with Gasteiger partial charge < -0.3 is 9.47 Å². The van der Waals surface area contributed by atoms with Crippen LogP contribution in [0.15, 0.2) is 5.38 Å². The van der Waals surface area contributed by atoms with Crippen LogP contribution in [0.25, 0.3) is 0 Å². The lowest BCUT2D eigenvalue weighted by Gasteiger charge is -2.10. The summed E-state index contributed by atoms with van der Waals surface area (Å²) < 4.78 is 11.7. The monoisotopic (exact) mass is 368 g/mol. The molecule has 1 rings (SSSR count). The molecule has 0 saturated heterocycles. The molecule has 1 heterocycles. The number of carbonyl (C=O) groups is 1. The first-order valence-corrected chi connectivity index (χ1v) is 11.0. The minimum Gasteiger partial charge on any atom is -0.489 e. The number of thiophene rings is 1. The number of hydrogen-bond donors (Lipinski definition) is 0. The van der Waals surface area contributed by atoms with Gasteiger partial charge in [-0.15, -0.1) is 11.3 Å². The maximum absolute atomic E-state index is 11.2. The molecule has 3 nitrogen and oxygen atoms in total. The van der Waals surface area contributed by atoms with Crippen LogP contribution < -0.4 is 9.47 Å². The van der Waals surface area contributed by atoms with Crippen molar-refractivity contribution in [3.63, 3.8) is 0 Å². The smallest absolute Gasteiger partial charge is 0.182 e. The van der Waals surface area contributed by atoms with Crippen molar-refractivity contribution in [2.75, 3.05) is 13.2 Å². The average molecular weight is 369 g/mol. The Bertz CT molecular complexity index is 442. The average Bonchev–Trinajstić information content (AvgIpc) is 3.02. The van der Waals surface area contributed by atoms with Crippen LogP contribution in [0.2, 0.25) is 0 Å². The first-order valence-electron chi connectivity index (χ1n) is 10.2. The molecular formula is C21H36O3S. The van der Waals surface area contributed by atoms with Gasteiger partial charge in [-0.05, 0) is 12.8 Å². The molecule has 144 valence electrons. The van der Waals surface area contributed by atoms with Gasteiger partial charge in [0.1, 0.15) is 4.88 Å². The summed E-state index contributed by atoms with van der Waals surface area (Å²) in [5, 5.41) is 1.90. The second kappa shape index (κ2) is 15.2. The molecular weight excluding hydrogens is 332 g/mol. The van der Waals surface area contributed by atoms with Crippen molar-refractivity contribution in [1.82, 2.24) is 0 Å². The lowest BCUT2D eigenvalue weighted by atomic mass is 10.1. The summed E-state index contributed by atoms with van der Waals surface area (Å²) in [6.07, 6.45) is 15.7. The summed E-state index contributed by atoms with van der Waals surface area (Å²) in [6, 6.07) is 0. The molecule has 0 spiro atoms. The quantitative estimate of drug-likeness (QED) is 0.218. The Morgan fingerprint density at radius 2 is 1.32 bits per heavy atom. The summed E-state index contributed by atoms with van der Waals surface area (Å²) in [7, 11) is 0. The van der Waals surface area contributed by atoms with Gasteiger partial charge >= 0.3 is 0 Å². The van der Waals surface area contributed by atoms with E-state index in [2.05, 4.69) is 13.8 Å². The Balaban J connectivity index is 2.25. The topological polar surface area (TPSA) is 35.5 Å². The fourth-order valence-electron chi connectivity index (χ4n) is 2.79. The predicted molar refractivity (Wildman–Crippen MR) is 107 cm³/mol. The molecule has 0 N–H and O–H groups in total. The number of carbonyl (C=O) groups excluding carboxylic acids is 1. The van der Waals surface area contributed by atoms with Crippen molar-refractivity contribution in [2.45, 2.75) is 90.9 Å². The van der Waals surface area contributed by atoms with Gasteiger partial charge in [0.05, 0.1) is 13.2 Å². The van der Waals surface area contributed by atoms with Gasteiger partial charge in [-0.1, -0.05) is 78.1 Å². The van der Waals surface area contributed by atoms with Gasteiger partial charge in [-0.25, -0.2) is 0 Å². The highest BCUT2D eigenvalue weighted by atomic mass is 32.1. The Kier molecular flexibility index (Phi) is 13.4. The highest BCUT2D eigenvalue weighted by Crippen LogP contribution is 2.36. The van der Waals surface area contributed by atoms with Crippen LogP contribution in [0.4, 0.5) is 0 Å². The van der Waals surface area contributed by atoms with Crippen LogP contribution in [-0.2, 0) is 0 Å². The number of unbranched alkanes of at least 4 members (excludes halogenated alkanes) is 10. The zero-order valence-electron chi connectivity index (χ0n) is 16.2. The van der Waals surface area contributed by atoms with Crippen molar-refractivity contribution in [2.24, 2.45) is 0 Å². The van der Waals surface area contributed by atoms with E-state index in [4.69, 9.17) is 9.47 Å². The van der Waals surface area contributed by atoms with Gasteiger partial charge in [0.15, 0.2) is 17.8 Å². The van der Waals surface area contributed by atoms with E-state index in [1.54, 1.807) is 0 Å². The molecule has 0 aromatic carbocycles. The second-order valence-corrected chi connectivity index (χ2v) is 7.55. The third kappa shape index (κ3) is 9.88. The second-order valence-electron chi connectivity index (χ2n) is 6.64. The van der Waals surface area contributed by atoms with E-state index in [1.807, 2.05) is 5.38 Å². The van der Waals surface area contributed by atoms with Crippen molar-refractivity contribution in [1.29, 1.82) is 0 Å². The molecule has 0 aliphatic heterocycles. The number of hydrogen-bond acceptors (Lipinski definition) is 4. The SMILES string of the molecule is CCCCCCCCOc1csc(C=O)c1OCCCCCCCC. The van der Waals surface area contributed by atoms with Gasteiger partial charge in [-0.3, -0.25) is 4.79 Å². The summed E-state index contributed by atoms with van der Waals surface area (Å²) in [4.78, 5) is 11.8. The van der Waals surface area contributed by atoms with Crippen LogP contribution in [0.1, 0.15) is 101 Å². The predicted octanol–water partition coefficient (Wildman–Crippen LogP) is 7.04. The van der Waals surface area contributed by atoms with Crippen LogP contribution in [0.5, 0.6) is 11.5 Å². The summed E-state index contributed by atoms with van der Waals surface area (Å²) in [5.74, 6) is 1.39. The van der Waals surface area contributed by atoms with E-state index in [0.29, 0.717) is 23.8 Å². The molecule has 0 fully saturated rings. The lowest BCUT2D eigenvalue weighted by Crippen LogP contribution is -2.02. The van der Waals surface area contributed by atoms with Crippen molar-refractivity contribution >= 4 is 17.6 Å². The summed E-state index contributed by atoms with van der Waals surface area (Å²) >= 11 is 1.41. The molecule has 0 saturated carbocycles. The number of rotatable bonds is 17. The van der Waals surface area contributed by atoms with Gasteiger partial charge in [0.2, 0.25) is 0 Å². The summed E-state index contributed by atoms with van der Waals surface area (Å²) in [5.41, 5.74) is 0. The van der Waals surface area contributed by atoms with Gasteiger partial charge in [-0.2, -0.15) is 0 Å². The Morgan fingerprint density at radius 1 is 0.800 bits per heavy atom. The largest absolute Gasteiger partial charge is 0.489 e. The van der Waals surface area contributed by atoms with E-state index in [9.17, 15) is 4.79 Å². The highest BCUT2D eigenvalue weighted by molar-refractivity contribution is 7.12. The van der Waals surface area contributed by atoms with Crippen LogP contribution in [0.3, 0.4) is 0 Å². The van der Waals surface area contributed by atoms with Crippen LogP contribution in [0, 0.1) is 0 Å².